The highest BCUT2D eigenvalue weighted by Crippen LogP contribution is 2.58. The maximum Gasteiger partial charge on any atom is 0.307 e. The van der Waals surface area contributed by atoms with Gasteiger partial charge in [-0.25, -0.2) is 105 Å². The minimum Gasteiger partial charge on any atom is -0.358 e. The molecule has 1 saturated carbocycles. The molecule has 0 spiro atoms. The number of rotatable bonds is 3. The zero-order chi connectivity index (χ0) is 73.0. The van der Waals surface area contributed by atoms with Crippen LogP contribution in [0.1, 0.15) is 56.3 Å². The summed E-state index contributed by atoms with van der Waals surface area (Å²) in [5.41, 5.74) is -25.3. The number of benzene rings is 5. The van der Waals surface area contributed by atoms with Crippen molar-refractivity contribution in [1.29, 1.82) is 68.4 Å². The van der Waals surface area contributed by atoms with Gasteiger partial charge in [-0.1, -0.05) is 6.57 Å². The highest BCUT2D eigenvalue weighted by Gasteiger charge is 2.46. The van der Waals surface area contributed by atoms with E-state index in [1.54, 1.807) is 30.3 Å². The van der Waals surface area contributed by atoms with E-state index in [4.69, 9.17) is 51.3 Å². The fourth-order valence-electron chi connectivity index (χ4n) is 8.56. The zero-order valence-corrected chi connectivity index (χ0v) is 45.9. The molecule has 98 heavy (non-hydrogen) atoms. The van der Waals surface area contributed by atoms with Gasteiger partial charge in [-0.3, -0.25) is 0 Å². The Labute approximate surface area is 529 Å². The second kappa shape index (κ2) is 27.1. The molecule has 3 heterocycles. The van der Waals surface area contributed by atoms with Crippen LogP contribution < -0.4 is 10.4 Å². The summed E-state index contributed by atoms with van der Waals surface area (Å²) in [7, 11) is 0. The number of hydrogen-bond acceptors (Lipinski definition) is 19. The first kappa shape index (κ1) is 69.3. The Bertz CT molecular complexity index is 5310. The Balaban J connectivity index is 0.000000229. The average Bonchev–Trinajstić information content (AvgIpc) is 1.57. The fourth-order valence-corrected chi connectivity index (χ4v) is 8.56. The number of aromatic nitrogens is 6. The minimum absolute atomic E-state index is 0.0149. The lowest BCUT2D eigenvalue weighted by Gasteiger charge is -2.08. The smallest absolute Gasteiger partial charge is 0.307 e. The van der Waals surface area contributed by atoms with Crippen molar-refractivity contribution in [2.24, 2.45) is 0 Å². The summed E-state index contributed by atoms with van der Waals surface area (Å²) in [6, 6.07) is 16.6. The van der Waals surface area contributed by atoms with Crippen molar-refractivity contribution in [2.75, 3.05) is 0 Å². The Hall–Kier alpha value is -16.2. The van der Waals surface area contributed by atoms with Crippen LogP contribution in [0.5, 0.6) is 0 Å². The molecule has 0 N–H and O–H groups in total. The molecule has 3 aromatic heterocycles. The molecule has 0 saturated heterocycles. The Morgan fingerprint density at radius 3 is 0.806 bits per heavy atom. The average molecular weight is 1330 g/mol. The molecule has 0 aliphatic heterocycles. The Morgan fingerprint density at radius 1 is 0.286 bits per heavy atom. The second-order valence-electron chi connectivity index (χ2n) is 17.6. The fraction of sp³-hybridized carbons (Fsp3) is 0. The van der Waals surface area contributed by atoms with E-state index in [0.29, 0.717) is 0 Å². The number of fused-ring (bicyclic) bond motifs is 6. The van der Waals surface area contributed by atoms with E-state index in [1.165, 1.54) is 0 Å². The topological polar surface area (TPSA) is 400 Å². The van der Waals surface area contributed by atoms with Crippen molar-refractivity contribution in [1.82, 2.24) is 29.9 Å². The minimum atomic E-state index is -2.52. The highest BCUT2D eigenvalue weighted by molar-refractivity contribution is 6.18. The molecule has 38 heteroatoms. The van der Waals surface area contributed by atoms with Crippen LogP contribution in [0.4, 0.5) is 81.8 Å². The standard InChI is InChI=1S/C30F12N6.C18N12.C12F4N4/c1-47-29(16-25(39)19(33)10(6-46)20(34)26(16)40)15-11(7(3-43)13-21(35)17(31)9(5-45)18(32)22(13)36)12(15)8(4-44)14-23(37)27(41)30(48-2)28(42)24(14)38;1-24-18-11(6-23)29-16-14-12(25-7(2-19)8(3-20)27-14)13-15(17(16)30-18)28-10(5-22)9(4-21)26-13;13-9-7(5(1-17)2-18)10(14)12(16)8(11(9)15)6(3-19)4-20. The highest BCUT2D eigenvalue weighted by atomic mass is 19.2. The maximum atomic E-state index is 15.0. The molecule has 5 aromatic carbocycles. The first-order valence-corrected chi connectivity index (χ1v) is 24.2. The number of hydrogen-bond donors (Lipinski definition) is 0. The molecule has 8 aromatic rings. The predicted molar refractivity (Wildman–Crippen MR) is 283 cm³/mol. The molecule has 1 aliphatic rings. The molecule has 1 aliphatic carbocycles. The Morgan fingerprint density at radius 2 is 0.561 bits per heavy atom. The third-order valence-corrected chi connectivity index (χ3v) is 12.8. The number of nitriles is 13. The van der Waals surface area contributed by atoms with Gasteiger partial charge in [0.15, 0.2) is 122 Å². The van der Waals surface area contributed by atoms with E-state index in [9.17, 15) is 80.7 Å². The number of allylic oxidation sites excluding steroid dienone is 5. The lowest BCUT2D eigenvalue weighted by atomic mass is 9.99. The normalized spacial score (nSPS) is 12.1. The van der Waals surface area contributed by atoms with Crippen LogP contribution >= 0.6 is 0 Å². The van der Waals surface area contributed by atoms with Crippen LogP contribution in [0.25, 0.3) is 75.6 Å². The molecule has 9 rings (SSSR count). The molecule has 0 radical (unpaired) electrons. The summed E-state index contributed by atoms with van der Waals surface area (Å²) in [6.45, 7) is 21.3. The van der Waals surface area contributed by atoms with Gasteiger partial charge in [0.1, 0.15) is 129 Å². The summed E-state index contributed by atoms with van der Waals surface area (Å²) in [5.74, 6) is -38.1. The molecule has 1 fully saturated rings. The van der Waals surface area contributed by atoms with E-state index in [2.05, 4.69) is 44.4 Å². The Kier molecular flexibility index (Phi) is 19.2. The molecule has 0 atom stereocenters. The van der Waals surface area contributed by atoms with E-state index >= 15 is 26.3 Å². The number of halogens is 16. The van der Waals surface area contributed by atoms with E-state index in [-0.39, 0.29) is 67.4 Å². The number of nitrogens with zero attached hydrogens (tertiary/aromatic N) is 22. The van der Waals surface area contributed by atoms with Gasteiger partial charge in [-0.15, -0.1) is 4.98 Å². The molecule has 0 bridgehead atoms. The van der Waals surface area contributed by atoms with Gasteiger partial charge in [-0.05, 0) is 16.7 Å². The molecule has 22 nitrogen and oxygen atoms in total. The van der Waals surface area contributed by atoms with Crippen molar-refractivity contribution in [3.63, 3.8) is 0 Å². The van der Waals surface area contributed by atoms with Crippen LogP contribution in [-0.2, 0) is 0 Å². The molecule has 0 amide bonds. The first-order chi connectivity index (χ1) is 46.6. The third kappa shape index (κ3) is 10.8. The molecule has 0 unspecified atom stereocenters. The summed E-state index contributed by atoms with van der Waals surface area (Å²) in [5, 5.41) is 115. The molecular weight excluding hydrogens is 1330 g/mol. The lowest BCUT2D eigenvalue weighted by molar-refractivity contribution is 0.434. The van der Waals surface area contributed by atoms with Crippen molar-refractivity contribution in [3.05, 3.63) is 211 Å². The van der Waals surface area contributed by atoms with E-state index in [1.807, 2.05) is 0 Å². The first-order valence-electron chi connectivity index (χ1n) is 24.2. The van der Waals surface area contributed by atoms with Gasteiger partial charge < -0.3 is 4.85 Å². The third-order valence-electron chi connectivity index (χ3n) is 12.8. The van der Waals surface area contributed by atoms with Gasteiger partial charge in [-0.2, -0.15) is 68.4 Å². The second-order valence-corrected chi connectivity index (χ2v) is 17.6. The lowest BCUT2D eigenvalue weighted by Crippen LogP contribution is -2.31. The van der Waals surface area contributed by atoms with Gasteiger partial charge in [0.05, 0.1) is 51.4 Å². The van der Waals surface area contributed by atoms with Crippen molar-refractivity contribution in [2.45, 2.75) is 0 Å². The molecule has 462 valence electrons. The summed E-state index contributed by atoms with van der Waals surface area (Å²) < 4.78 is 232. The van der Waals surface area contributed by atoms with Crippen LogP contribution in [0.15, 0.2) is 16.7 Å². The predicted octanol–water partition coefficient (Wildman–Crippen LogP) is 10.3. The van der Waals surface area contributed by atoms with E-state index < -0.39 is 182 Å². The van der Waals surface area contributed by atoms with Crippen molar-refractivity contribution >= 4 is 72.6 Å². The van der Waals surface area contributed by atoms with Crippen LogP contribution in [-0.4, -0.2) is 29.9 Å². The van der Waals surface area contributed by atoms with Crippen molar-refractivity contribution in [3.8, 4) is 78.9 Å². The van der Waals surface area contributed by atoms with E-state index in [0.717, 1.165) is 48.6 Å². The van der Waals surface area contributed by atoms with Gasteiger partial charge >= 0.3 is 5.82 Å². The quantitative estimate of drug-likeness (QED) is 0.0521. The summed E-state index contributed by atoms with van der Waals surface area (Å²) >= 11 is 0. The largest absolute Gasteiger partial charge is 0.358 e. The van der Waals surface area contributed by atoms with Crippen LogP contribution in [0, 0.1) is 260 Å². The SMILES string of the molecule is N#CC(C#N)=c1c(F)c(F)c(=C(C#N)C#N)c(F)c1F.[C-]#[N+]C(=C1C(=C(C#N)c2c(F)c(F)c(C#N)c(F)c2F)C1=C(C#N)c1c(F)c(F)c([N+]#[C-])c(F)c1F)c1c(F)c(F)c(C#N)c(F)c1F.[C-]#[N+]c1nc2c3nc(C#N)c(C#N)nc3c3nc(C#N)c(C#N)nc3c2nc1C#N. The summed E-state index contributed by atoms with van der Waals surface area (Å²) in [4.78, 5) is 32.7. The summed E-state index contributed by atoms with van der Waals surface area (Å²) in [6.07, 6.45) is 0. The maximum absolute atomic E-state index is 15.0. The van der Waals surface area contributed by atoms with Gasteiger partial charge in [0.25, 0.3) is 5.69 Å². The van der Waals surface area contributed by atoms with Crippen LogP contribution in [0.2, 0.25) is 0 Å². The van der Waals surface area contributed by atoms with Crippen LogP contribution in [0.3, 0.4) is 0 Å². The monoisotopic (exact) mass is 1330 g/mol. The van der Waals surface area contributed by atoms with Gasteiger partial charge in [0.2, 0.25) is 11.2 Å². The zero-order valence-electron chi connectivity index (χ0n) is 45.9. The van der Waals surface area contributed by atoms with Gasteiger partial charge in [0, 0.05) is 0 Å². The van der Waals surface area contributed by atoms with Crippen molar-refractivity contribution < 1.29 is 70.2 Å². The molecular formula is C60F16N22.